The Labute approximate surface area is 128 Å². The second kappa shape index (κ2) is 5.56. The van der Waals surface area contributed by atoms with Gasteiger partial charge in [-0.3, -0.25) is 4.79 Å². The van der Waals surface area contributed by atoms with E-state index in [4.69, 9.17) is 16.7 Å². The predicted octanol–water partition coefficient (Wildman–Crippen LogP) is 2.76. The fourth-order valence-corrected chi connectivity index (χ4v) is 3.40. The Balaban J connectivity index is 1.83. The van der Waals surface area contributed by atoms with Crippen molar-refractivity contribution in [2.24, 2.45) is 0 Å². The van der Waals surface area contributed by atoms with Gasteiger partial charge in [0.05, 0.1) is 0 Å². The van der Waals surface area contributed by atoms with Crippen molar-refractivity contribution in [1.29, 1.82) is 0 Å². The molecule has 2 heterocycles. The van der Waals surface area contributed by atoms with Crippen molar-refractivity contribution in [2.45, 2.75) is 31.7 Å². The van der Waals surface area contributed by atoms with Crippen LogP contribution >= 0.6 is 11.6 Å². The number of carboxylic acid groups (broad SMARTS) is 1. The van der Waals surface area contributed by atoms with E-state index in [2.05, 4.69) is 0 Å². The Morgan fingerprint density at radius 3 is 2.62 bits per heavy atom. The summed E-state index contributed by atoms with van der Waals surface area (Å²) in [7, 11) is 0. The van der Waals surface area contributed by atoms with E-state index < -0.39 is 6.09 Å². The molecule has 0 aliphatic carbocycles. The Morgan fingerprint density at radius 2 is 1.95 bits per heavy atom. The first-order chi connectivity index (χ1) is 10.1. The topological polar surface area (TPSA) is 60.9 Å². The van der Waals surface area contributed by atoms with Crippen LogP contribution < -0.4 is 4.90 Å². The third-order valence-electron chi connectivity index (χ3n) is 4.28. The summed E-state index contributed by atoms with van der Waals surface area (Å²) >= 11 is 6.03. The number of fused-ring (bicyclic) bond motifs is 1. The molecule has 112 valence electrons. The van der Waals surface area contributed by atoms with E-state index in [1.807, 2.05) is 17.0 Å². The number of piperidine rings is 1. The summed E-state index contributed by atoms with van der Waals surface area (Å²) in [5.41, 5.74) is 2.03. The van der Waals surface area contributed by atoms with Crippen LogP contribution in [-0.2, 0) is 11.2 Å². The molecule has 6 heteroatoms. The standard InChI is InChI=1S/C15H17ClN2O3/c16-11-2-3-13-10(9-11)1-4-14(19)18(13)12-5-7-17(8-6-12)15(20)21/h2-3,9,12H,1,4-8H2,(H,20,21). The molecule has 0 saturated carbocycles. The number of halogens is 1. The summed E-state index contributed by atoms with van der Waals surface area (Å²) in [6.45, 7) is 0.958. The predicted molar refractivity (Wildman–Crippen MR) is 79.9 cm³/mol. The minimum atomic E-state index is -0.884. The van der Waals surface area contributed by atoms with E-state index in [0.29, 0.717) is 37.4 Å². The summed E-state index contributed by atoms with van der Waals surface area (Å²) < 4.78 is 0. The number of hydrogen-bond acceptors (Lipinski definition) is 2. The molecular weight excluding hydrogens is 292 g/mol. The molecule has 1 aromatic rings. The Bertz CT molecular complexity index is 582. The van der Waals surface area contributed by atoms with Crippen LogP contribution in [0.4, 0.5) is 10.5 Å². The van der Waals surface area contributed by atoms with E-state index in [9.17, 15) is 9.59 Å². The molecule has 2 aliphatic rings. The summed E-state index contributed by atoms with van der Waals surface area (Å²) in [4.78, 5) is 26.6. The summed E-state index contributed by atoms with van der Waals surface area (Å²) in [5, 5.41) is 9.69. The highest BCUT2D eigenvalue weighted by Crippen LogP contribution is 2.34. The van der Waals surface area contributed by atoms with Crippen LogP contribution in [0.5, 0.6) is 0 Å². The van der Waals surface area contributed by atoms with E-state index in [-0.39, 0.29) is 11.9 Å². The minimum Gasteiger partial charge on any atom is -0.465 e. The van der Waals surface area contributed by atoms with Gasteiger partial charge >= 0.3 is 6.09 Å². The van der Waals surface area contributed by atoms with Gasteiger partial charge in [-0.25, -0.2) is 4.79 Å². The molecule has 1 fully saturated rings. The van der Waals surface area contributed by atoms with Crippen LogP contribution in [0.25, 0.3) is 0 Å². The molecule has 2 aliphatic heterocycles. The molecule has 0 unspecified atom stereocenters. The molecule has 5 nitrogen and oxygen atoms in total. The largest absolute Gasteiger partial charge is 0.465 e. The van der Waals surface area contributed by atoms with Crippen LogP contribution in [0.1, 0.15) is 24.8 Å². The highest BCUT2D eigenvalue weighted by Gasteiger charge is 2.33. The minimum absolute atomic E-state index is 0.0772. The normalized spacial score (nSPS) is 19.6. The molecule has 3 rings (SSSR count). The monoisotopic (exact) mass is 308 g/mol. The van der Waals surface area contributed by atoms with Crippen LogP contribution in [-0.4, -0.2) is 41.1 Å². The maximum atomic E-state index is 12.3. The molecule has 2 amide bonds. The van der Waals surface area contributed by atoms with Crippen molar-refractivity contribution in [3.63, 3.8) is 0 Å². The maximum Gasteiger partial charge on any atom is 0.407 e. The van der Waals surface area contributed by atoms with Gasteiger partial charge in [-0.1, -0.05) is 11.6 Å². The highest BCUT2D eigenvalue weighted by atomic mass is 35.5. The van der Waals surface area contributed by atoms with Crippen LogP contribution in [0, 0.1) is 0 Å². The average Bonchev–Trinajstić information content (AvgIpc) is 2.47. The number of carbonyl (C=O) groups excluding carboxylic acids is 1. The van der Waals surface area contributed by atoms with Crippen LogP contribution in [0.2, 0.25) is 5.02 Å². The highest BCUT2D eigenvalue weighted by molar-refractivity contribution is 6.30. The van der Waals surface area contributed by atoms with Gasteiger partial charge in [0.1, 0.15) is 0 Å². The van der Waals surface area contributed by atoms with Gasteiger partial charge < -0.3 is 14.9 Å². The maximum absolute atomic E-state index is 12.3. The van der Waals surface area contributed by atoms with Crippen LogP contribution in [0.3, 0.4) is 0 Å². The molecule has 0 radical (unpaired) electrons. The molecule has 0 spiro atoms. The third-order valence-corrected chi connectivity index (χ3v) is 4.51. The van der Waals surface area contributed by atoms with Crippen molar-refractivity contribution in [3.8, 4) is 0 Å². The SMILES string of the molecule is O=C(O)N1CCC(N2C(=O)CCc3cc(Cl)ccc32)CC1. The summed E-state index contributed by atoms with van der Waals surface area (Å²) in [6.07, 6.45) is 1.69. The Hall–Kier alpha value is -1.75. The second-order valence-electron chi connectivity index (χ2n) is 5.54. The van der Waals surface area contributed by atoms with Crippen molar-refractivity contribution < 1.29 is 14.7 Å². The van der Waals surface area contributed by atoms with Gasteiger partial charge in [0.15, 0.2) is 0 Å². The van der Waals surface area contributed by atoms with Crippen molar-refractivity contribution in [1.82, 2.24) is 4.90 Å². The lowest BCUT2D eigenvalue weighted by Gasteiger charge is -2.40. The van der Waals surface area contributed by atoms with Gasteiger partial charge in [0.25, 0.3) is 0 Å². The van der Waals surface area contributed by atoms with Crippen molar-refractivity contribution >= 4 is 29.3 Å². The number of benzene rings is 1. The summed E-state index contributed by atoms with van der Waals surface area (Å²) in [6, 6.07) is 5.70. The van der Waals surface area contributed by atoms with Gasteiger partial charge in [-0.05, 0) is 43.0 Å². The number of nitrogens with zero attached hydrogens (tertiary/aromatic N) is 2. The first-order valence-electron chi connectivity index (χ1n) is 7.14. The lowest BCUT2D eigenvalue weighted by molar-refractivity contribution is -0.119. The molecule has 21 heavy (non-hydrogen) atoms. The lowest BCUT2D eigenvalue weighted by atomic mass is 9.95. The number of anilines is 1. The Morgan fingerprint density at radius 1 is 1.24 bits per heavy atom. The fraction of sp³-hybridized carbons (Fsp3) is 0.467. The number of carbonyl (C=O) groups is 2. The van der Waals surface area contributed by atoms with Crippen LogP contribution in [0.15, 0.2) is 18.2 Å². The summed E-state index contributed by atoms with van der Waals surface area (Å²) in [5.74, 6) is 0.124. The zero-order chi connectivity index (χ0) is 15.0. The van der Waals surface area contributed by atoms with Gasteiger partial charge in [-0.15, -0.1) is 0 Å². The third kappa shape index (κ3) is 2.70. The molecule has 0 atom stereocenters. The molecule has 0 bridgehead atoms. The number of hydrogen-bond donors (Lipinski definition) is 1. The zero-order valence-corrected chi connectivity index (χ0v) is 12.3. The van der Waals surface area contributed by atoms with Crippen molar-refractivity contribution in [2.75, 3.05) is 18.0 Å². The Kier molecular flexibility index (Phi) is 3.76. The first-order valence-corrected chi connectivity index (χ1v) is 7.52. The lowest BCUT2D eigenvalue weighted by Crippen LogP contribution is -2.50. The van der Waals surface area contributed by atoms with Gasteiger partial charge in [0.2, 0.25) is 5.91 Å². The smallest absolute Gasteiger partial charge is 0.407 e. The number of rotatable bonds is 1. The van der Waals surface area contributed by atoms with Gasteiger partial charge in [0, 0.05) is 36.3 Å². The second-order valence-corrected chi connectivity index (χ2v) is 5.97. The first kappa shape index (κ1) is 14.2. The number of likely N-dealkylation sites (tertiary alicyclic amines) is 1. The molecule has 1 saturated heterocycles. The van der Waals surface area contributed by atoms with Gasteiger partial charge in [-0.2, -0.15) is 0 Å². The molecular formula is C15H17ClN2O3. The van der Waals surface area contributed by atoms with E-state index in [1.165, 1.54) is 4.90 Å². The van der Waals surface area contributed by atoms with Crippen molar-refractivity contribution in [3.05, 3.63) is 28.8 Å². The average molecular weight is 309 g/mol. The zero-order valence-electron chi connectivity index (χ0n) is 11.6. The van der Waals surface area contributed by atoms with E-state index in [0.717, 1.165) is 17.7 Å². The fourth-order valence-electron chi connectivity index (χ4n) is 3.20. The molecule has 1 aromatic carbocycles. The number of aryl methyl sites for hydroxylation is 1. The quantitative estimate of drug-likeness (QED) is 0.868. The molecule has 0 aromatic heterocycles. The molecule has 1 N–H and O–H groups in total. The van der Waals surface area contributed by atoms with E-state index >= 15 is 0 Å². The van der Waals surface area contributed by atoms with E-state index in [1.54, 1.807) is 6.07 Å². The number of amides is 2.